The van der Waals surface area contributed by atoms with Crippen LogP contribution in [0.15, 0.2) is 94.4 Å². The number of aryl methyl sites for hydroxylation is 2. The third-order valence-electron chi connectivity index (χ3n) is 8.90. The lowest BCUT2D eigenvalue weighted by atomic mass is 10.1. The summed E-state index contributed by atoms with van der Waals surface area (Å²) in [5, 5.41) is 7.85. The van der Waals surface area contributed by atoms with Gasteiger partial charge in [-0.25, -0.2) is 0 Å². The van der Waals surface area contributed by atoms with E-state index in [0.717, 1.165) is 89.7 Å². The Morgan fingerprint density at radius 3 is 1.38 bits per heavy atom. The van der Waals surface area contributed by atoms with Gasteiger partial charge >= 0.3 is 0 Å². The first-order chi connectivity index (χ1) is 25.8. The van der Waals surface area contributed by atoms with E-state index in [9.17, 15) is 0 Å². The molecule has 2 aliphatic heterocycles. The van der Waals surface area contributed by atoms with Gasteiger partial charge in [-0.2, -0.15) is 0 Å². The second kappa shape index (κ2) is 29.9. The first-order valence-corrected chi connectivity index (χ1v) is 20.2. The Morgan fingerprint density at radius 2 is 0.923 bits per heavy atom. The zero-order chi connectivity index (χ0) is 37.5. The average molecular weight is 719 g/mol. The van der Waals surface area contributed by atoms with Crippen molar-refractivity contribution >= 4 is 11.4 Å². The Kier molecular flexibility index (Phi) is 25.6. The molecule has 0 amide bonds. The monoisotopic (exact) mass is 719 g/mol. The van der Waals surface area contributed by atoms with Crippen LogP contribution in [0.3, 0.4) is 0 Å². The number of hydrogen-bond acceptors (Lipinski definition) is 9. The van der Waals surface area contributed by atoms with E-state index in [1.807, 2.05) is 53.7 Å². The lowest BCUT2D eigenvalue weighted by Crippen LogP contribution is -2.47. The van der Waals surface area contributed by atoms with Crippen molar-refractivity contribution in [2.24, 2.45) is 0 Å². The molecule has 2 aromatic heterocycles. The van der Waals surface area contributed by atoms with Crippen LogP contribution in [-0.4, -0.2) is 98.8 Å². The largest absolute Gasteiger partial charge is 0.380 e. The Hall–Kier alpha value is -3.66. The van der Waals surface area contributed by atoms with E-state index in [2.05, 4.69) is 90.6 Å². The highest BCUT2D eigenvalue weighted by molar-refractivity contribution is 5.47. The topological polar surface area (TPSA) is 74.3 Å². The van der Waals surface area contributed by atoms with Crippen molar-refractivity contribution in [3.8, 4) is 0 Å². The summed E-state index contributed by atoms with van der Waals surface area (Å²) in [6, 6.07) is 25.3. The minimum absolute atomic E-state index is 0.789. The average Bonchev–Trinajstić information content (AvgIpc) is 3.97. The third kappa shape index (κ3) is 18.2. The normalized spacial score (nSPS) is 14.4. The highest BCUT2D eigenvalue weighted by Gasteiger charge is 2.17. The van der Waals surface area contributed by atoms with Crippen LogP contribution in [0.2, 0.25) is 0 Å². The number of nitrogens with zero attached hydrogens (tertiary/aromatic N) is 6. The SMILES string of the molecule is CC.CC.CC.c1ccc(N2CCN(CCCCCCc3ccon3)CC2)cc1.c1ccc(N2CCN(CCOCCCc3ccon3)CC2)cc1. The van der Waals surface area contributed by atoms with Gasteiger partial charge in [-0.3, -0.25) is 9.80 Å². The van der Waals surface area contributed by atoms with Crippen LogP contribution in [-0.2, 0) is 17.6 Å². The van der Waals surface area contributed by atoms with Crippen molar-refractivity contribution in [1.82, 2.24) is 20.1 Å². The van der Waals surface area contributed by atoms with E-state index in [1.165, 1.54) is 56.7 Å². The summed E-state index contributed by atoms with van der Waals surface area (Å²) in [5.74, 6) is 0. The van der Waals surface area contributed by atoms with Gasteiger partial charge < -0.3 is 23.6 Å². The first-order valence-electron chi connectivity index (χ1n) is 20.2. The molecule has 0 atom stereocenters. The zero-order valence-corrected chi connectivity index (χ0v) is 33.4. The summed E-state index contributed by atoms with van der Waals surface area (Å²) in [5.41, 5.74) is 4.78. The number of hydrogen-bond donors (Lipinski definition) is 0. The lowest BCUT2D eigenvalue weighted by molar-refractivity contribution is 0.0997. The predicted octanol–water partition coefficient (Wildman–Crippen LogP) is 9.12. The van der Waals surface area contributed by atoms with Crippen LogP contribution in [0.5, 0.6) is 0 Å². The summed E-state index contributed by atoms with van der Waals surface area (Å²) in [6.07, 6.45) is 11.4. The van der Waals surface area contributed by atoms with E-state index in [0.29, 0.717) is 0 Å². The molecule has 6 rings (SSSR count). The molecule has 0 N–H and O–H groups in total. The maximum absolute atomic E-state index is 5.73. The number of anilines is 2. The molecule has 2 aliphatic rings. The maximum atomic E-state index is 5.73. The van der Waals surface area contributed by atoms with Gasteiger partial charge in [-0.05, 0) is 62.9 Å². The highest BCUT2D eigenvalue weighted by atomic mass is 16.5. The molecule has 0 bridgehead atoms. The highest BCUT2D eigenvalue weighted by Crippen LogP contribution is 2.17. The minimum Gasteiger partial charge on any atom is -0.380 e. The fraction of sp³-hybridized carbons (Fsp3) is 0.581. The summed E-state index contributed by atoms with van der Waals surface area (Å²) >= 11 is 0. The summed E-state index contributed by atoms with van der Waals surface area (Å²) in [7, 11) is 0. The standard InChI is InChI=1S/C19H27N3O.C18H25N3O2.3C2H6/c1(4-8-18-11-17-23-20-18)2-7-12-21-13-15-22(16-14-21)19-9-5-3-6-10-19;1-2-6-18(7-3-1)21-11-9-20(10-12-21)13-16-22-14-4-5-17-8-15-23-19-17;3*1-2/h3,5-6,9-11,17H,1-2,4,7-8,12-16H2;1-3,6-8,15H,4-5,9-14,16H2;3*1-2H3. The molecule has 290 valence electrons. The molecule has 0 aliphatic carbocycles. The Morgan fingerprint density at radius 1 is 0.481 bits per heavy atom. The third-order valence-corrected chi connectivity index (χ3v) is 8.90. The van der Waals surface area contributed by atoms with Gasteiger partial charge in [0.05, 0.1) is 18.0 Å². The Labute approximate surface area is 316 Å². The van der Waals surface area contributed by atoms with Crippen molar-refractivity contribution in [2.75, 3.05) is 88.5 Å². The van der Waals surface area contributed by atoms with Gasteiger partial charge in [0, 0.05) is 89.0 Å². The van der Waals surface area contributed by atoms with Gasteiger partial charge in [-0.15, -0.1) is 0 Å². The van der Waals surface area contributed by atoms with Crippen LogP contribution in [0.1, 0.15) is 85.0 Å². The fourth-order valence-corrected chi connectivity index (χ4v) is 6.12. The van der Waals surface area contributed by atoms with Crippen LogP contribution >= 0.6 is 0 Å². The van der Waals surface area contributed by atoms with E-state index in [-0.39, 0.29) is 0 Å². The number of rotatable bonds is 16. The second-order valence-electron chi connectivity index (χ2n) is 12.2. The number of piperazine rings is 2. The van der Waals surface area contributed by atoms with Gasteiger partial charge in [0.1, 0.15) is 12.5 Å². The molecule has 9 heteroatoms. The molecule has 2 fully saturated rings. The second-order valence-corrected chi connectivity index (χ2v) is 12.2. The molecule has 0 spiro atoms. The fourth-order valence-electron chi connectivity index (χ4n) is 6.12. The molecule has 0 radical (unpaired) electrons. The molecular formula is C43H70N6O3. The zero-order valence-electron chi connectivity index (χ0n) is 33.4. The predicted molar refractivity (Wildman–Crippen MR) is 219 cm³/mol. The minimum atomic E-state index is 0.789. The van der Waals surface area contributed by atoms with Crippen LogP contribution in [0.4, 0.5) is 11.4 Å². The summed E-state index contributed by atoms with van der Waals surface area (Å²) < 4.78 is 15.4. The van der Waals surface area contributed by atoms with Crippen LogP contribution in [0, 0.1) is 0 Å². The summed E-state index contributed by atoms with van der Waals surface area (Å²) in [4.78, 5) is 10.0. The number of aromatic nitrogens is 2. The smallest absolute Gasteiger partial charge is 0.124 e. The molecule has 2 saturated heterocycles. The van der Waals surface area contributed by atoms with Crippen LogP contribution in [0.25, 0.3) is 0 Å². The van der Waals surface area contributed by atoms with E-state index in [1.54, 1.807) is 12.5 Å². The lowest BCUT2D eigenvalue weighted by Gasteiger charge is -2.36. The molecule has 4 heterocycles. The van der Waals surface area contributed by atoms with Gasteiger partial charge in [0.15, 0.2) is 0 Å². The Bertz CT molecular complexity index is 1170. The van der Waals surface area contributed by atoms with Crippen molar-refractivity contribution in [1.29, 1.82) is 0 Å². The molecule has 0 saturated carbocycles. The van der Waals surface area contributed by atoms with Crippen LogP contribution < -0.4 is 9.80 Å². The number of ether oxygens (including phenoxy) is 1. The molecule has 0 unspecified atom stereocenters. The quantitative estimate of drug-likeness (QED) is 0.106. The van der Waals surface area contributed by atoms with Crippen molar-refractivity contribution in [2.45, 2.75) is 86.5 Å². The molecule has 52 heavy (non-hydrogen) atoms. The maximum Gasteiger partial charge on any atom is 0.124 e. The van der Waals surface area contributed by atoms with Crippen molar-refractivity contribution in [3.63, 3.8) is 0 Å². The van der Waals surface area contributed by atoms with E-state index in [4.69, 9.17) is 13.8 Å². The van der Waals surface area contributed by atoms with E-state index >= 15 is 0 Å². The van der Waals surface area contributed by atoms with Gasteiger partial charge in [0.2, 0.25) is 0 Å². The molecule has 2 aromatic carbocycles. The Balaban J connectivity index is 0.000000315. The molecular weight excluding hydrogens is 649 g/mol. The van der Waals surface area contributed by atoms with E-state index < -0.39 is 0 Å². The van der Waals surface area contributed by atoms with Crippen molar-refractivity contribution < 1.29 is 13.8 Å². The first kappa shape index (κ1) is 44.5. The van der Waals surface area contributed by atoms with Crippen molar-refractivity contribution in [3.05, 3.63) is 96.7 Å². The number of unbranched alkanes of at least 4 members (excludes halogenated alkanes) is 3. The molecule has 9 nitrogen and oxygen atoms in total. The molecule has 4 aromatic rings. The number of benzene rings is 2. The van der Waals surface area contributed by atoms with Gasteiger partial charge in [-0.1, -0.05) is 101 Å². The number of para-hydroxylation sites is 2. The summed E-state index contributed by atoms with van der Waals surface area (Å²) in [6.45, 7) is 24.9. The van der Waals surface area contributed by atoms with Gasteiger partial charge in [0.25, 0.3) is 0 Å².